The molecular weight excluding hydrogens is 270 g/mol. The lowest BCUT2D eigenvalue weighted by Gasteiger charge is -2.19. The molecule has 2 N–H and O–H groups in total. The van der Waals surface area contributed by atoms with E-state index in [4.69, 9.17) is 9.47 Å². The average molecular weight is 291 g/mol. The van der Waals surface area contributed by atoms with Gasteiger partial charge < -0.3 is 14.6 Å². The molecule has 1 aliphatic carbocycles. The van der Waals surface area contributed by atoms with Crippen LogP contribution >= 0.6 is 0 Å². The monoisotopic (exact) mass is 291 g/mol. The van der Waals surface area contributed by atoms with Crippen molar-refractivity contribution < 1.29 is 19.4 Å². The predicted octanol–water partition coefficient (Wildman–Crippen LogP) is 1.98. The molecule has 0 saturated heterocycles. The molecule has 3 rings (SSSR count). The summed E-state index contributed by atoms with van der Waals surface area (Å²) in [5.41, 5.74) is 0.875. The van der Waals surface area contributed by atoms with Gasteiger partial charge in [0, 0.05) is 18.0 Å². The number of rotatable bonds is 6. The number of hydrogen-bond donors (Lipinski definition) is 2. The van der Waals surface area contributed by atoms with Gasteiger partial charge in [-0.15, -0.1) is 0 Å². The van der Waals surface area contributed by atoms with E-state index in [1.165, 1.54) is 0 Å². The molecule has 1 saturated carbocycles. The molecule has 0 radical (unpaired) electrons. The molecule has 1 heterocycles. The molecule has 1 atom stereocenters. The lowest BCUT2D eigenvalue weighted by Crippen LogP contribution is -2.42. The van der Waals surface area contributed by atoms with Gasteiger partial charge in [-0.25, -0.2) is 0 Å². The third-order valence-electron chi connectivity index (χ3n) is 3.77. The smallest absolute Gasteiger partial charge is 0.324 e. The van der Waals surface area contributed by atoms with Crippen molar-refractivity contribution in [3.63, 3.8) is 0 Å². The summed E-state index contributed by atoms with van der Waals surface area (Å²) in [5, 5.41) is 12.3. The van der Waals surface area contributed by atoms with Crippen LogP contribution in [0, 0.1) is 0 Å². The average Bonchev–Trinajstić information content (AvgIpc) is 3.15. The Morgan fingerprint density at radius 3 is 2.95 bits per heavy atom. The van der Waals surface area contributed by atoms with E-state index in [2.05, 4.69) is 5.32 Å². The van der Waals surface area contributed by atoms with Gasteiger partial charge in [0.1, 0.15) is 18.2 Å². The Hall–Kier alpha value is -1.75. The highest BCUT2D eigenvalue weighted by Gasteiger charge is 2.33. The fraction of sp³-hybridized carbons (Fsp3) is 0.562. The minimum absolute atomic E-state index is 0.103. The molecule has 1 unspecified atom stereocenters. The van der Waals surface area contributed by atoms with Gasteiger partial charge in [0.25, 0.3) is 0 Å². The summed E-state index contributed by atoms with van der Waals surface area (Å²) >= 11 is 0. The normalized spacial score (nSPS) is 20.5. The Kier molecular flexibility index (Phi) is 3.53. The summed E-state index contributed by atoms with van der Waals surface area (Å²) in [4.78, 5) is 11.2. The van der Waals surface area contributed by atoms with Crippen molar-refractivity contribution in [2.75, 3.05) is 6.61 Å². The van der Waals surface area contributed by atoms with Crippen molar-refractivity contribution in [1.29, 1.82) is 0 Å². The molecule has 0 aromatic heterocycles. The third kappa shape index (κ3) is 3.29. The van der Waals surface area contributed by atoms with Crippen LogP contribution < -0.4 is 14.8 Å². The van der Waals surface area contributed by atoms with E-state index in [9.17, 15) is 9.90 Å². The molecule has 5 heteroatoms. The quantitative estimate of drug-likeness (QED) is 0.839. The molecule has 2 aliphatic rings. The zero-order chi connectivity index (χ0) is 15.0. The number of carbonyl (C=O) groups is 1. The summed E-state index contributed by atoms with van der Waals surface area (Å²) < 4.78 is 11.6. The number of hydrogen-bond acceptors (Lipinski definition) is 4. The molecular formula is C16H21NO4. The van der Waals surface area contributed by atoms with Crippen molar-refractivity contribution in [2.24, 2.45) is 0 Å². The minimum atomic E-state index is -0.879. The summed E-state index contributed by atoms with van der Waals surface area (Å²) in [5.74, 6) is 0.496. The second kappa shape index (κ2) is 5.22. The van der Waals surface area contributed by atoms with Gasteiger partial charge in [0.15, 0.2) is 11.5 Å². The third-order valence-corrected chi connectivity index (χ3v) is 3.77. The Morgan fingerprint density at radius 2 is 2.29 bits per heavy atom. The number of ether oxygens (including phenoxy) is 2. The number of benzene rings is 1. The van der Waals surface area contributed by atoms with Crippen molar-refractivity contribution in [1.82, 2.24) is 5.32 Å². The molecule has 0 amide bonds. The van der Waals surface area contributed by atoms with E-state index in [1.54, 1.807) is 0 Å². The molecule has 1 aromatic carbocycles. The first kappa shape index (κ1) is 14.2. The van der Waals surface area contributed by atoms with Gasteiger partial charge in [0.05, 0.1) is 0 Å². The van der Waals surface area contributed by atoms with E-state index in [0.29, 0.717) is 11.8 Å². The van der Waals surface area contributed by atoms with Gasteiger partial charge in [-0.2, -0.15) is 0 Å². The summed E-state index contributed by atoms with van der Waals surface area (Å²) in [6, 6.07) is 5.42. The number of nitrogens with one attached hydrogen (secondary N) is 1. The van der Waals surface area contributed by atoms with Crippen LogP contribution in [0.15, 0.2) is 18.2 Å². The SMILES string of the molecule is CC1(C)Cc2cccc(OCC(NC3CC3)C(=O)O)c2O1. The molecule has 21 heavy (non-hydrogen) atoms. The Morgan fingerprint density at radius 1 is 1.52 bits per heavy atom. The van der Waals surface area contributed by atoms with Gasteiger partial charge in [-0.1, -0.05) is 12.1 Å². The van der Waals surface area contributed by atoms with Crippen molar-refractivity contribution >= 4 is 5.97 Å². The van der Waals surface area contributed by atoms with Crippen molar-refractivity contribution in [3.05, 3.63) is 23.8 Å². The minimum Gasteiger partial charge on any atom is -0.487 e. The number of fused-ring (bicyclic) bond motifs is 1. The summed E-state index contributed by atoms with van der Waals surface area (Å²) in [6.45, 7) is 4.17. The molecule has 114 valence electrons. The van der Waals surface area contributed by atoms with Crippen LogP contribution in [0.3, 0.4) is 0 Å². The first-order chi connectivity index (χ1) is 9.94. The lowest BCUT2D eigenvalue weighted by atomic mass is 10.0. The Balaban J connectivity index is 1.68. The van der Waals surface area contributed by atoms with Crippen molar-refractivity contribution in [3.8, 4) is 11.5 Å². The lowest BCUT2D eigenvalue weighted by molar-refractivity contribution is -0.140. The Labute approximate surface area is 124 Å². The van der Waals surface area contributed by atoms with E-state index >= 15 is 0 Å². The molecule has 0 bridgehead atoms. The maximum Gasteiger partial charge on any atom is 0.324 e. The topological polar surface area (TPSA) is 67.8 Å². The molecule has 1 fully saturated rings. The first-order valence-electron chi connectivity index (χ1n) is 7.37. The highest BCUT2D eigenvalue weighted by molar-refractivity contribution is 5.73. The maximum atomic E-state index is 11.2. The van der Waals surface area contributed by atoms with Crippen molar-refractivity contribution in [2.45, 2.75) is 50.8 Å². The maximum absolute atomic E-state index is 11.2. The molecule has 1 aromatic rings. The number of carboxylic acid groups (broad SMARTS) is 1. The van der Waals surface area contributed by atoms with Gasteiger partial charge >= 0.3 is 5.97 Å². The van der Waals surface area contributed by atoms with E-state index in [1.807, 2.05) is 32.0 Å². The van der Waals surface area contributed by atoms with Crippen LogP contribution in [0.2, 0.25) is 0 Å². The van der Waals surface area contributed by atoms with Crippen LogP contribution in [0.1, 0.15) is 32.3 Å². The zero-order valence-corrected chi connectivity index (χ0v) is 12.4. The zero-order valence-electron chi connectivity index (χ0n) is 12.4. The summed E-state index contributed by atoms with van der Waals surface area (Å²) in [7, 11) is 0. The summed E-state index contributed by atoms with van der Waals surface area (Å²) in [6.07, 6.45) is 2.92. The fourth-order valence-electron chi connectivity index (χ4n) is 2.60. The van der Waals surface area contributed by atoms with Gasteiger partial charge in [0.2, 0.25) is 0 Å². The van der Waals surface area contributed by atoms with Crippen LogP contribution in [0.5, 0.6) is 11.5 Å². The predicted molar refractivity (Wildman–Crippen MR) is 77.9 cm³/mol. The van der Waals surface area contributed by atoms with E-state index in [-0.39, 0.29) is 12.2 Å². The molecule has 1 aliphatic heterocycles. The highest BCUT2D eigenvalue weighted by Crippen LogP contribution is 2.41. The molecule has 5 nitrogen and oxygen atoms in total. The largest absolute Gasteiger partial charge is 0.487 e. The Bertz CT molecular complexity index is 551. The number of carboxylic acids is 1. The molecule has 0 spiro atoms. The van der Waals surface area contributed by atoms with Crippen LogP contribution in [-0.4, -0.2) is 35.4 Å². The standard InChI is InChI=1S/C16H21NO4/c1-16(2)8-10-4-3-5-13(14(10)21-16)20-9-12(15(18)19)17-11-6-7-11/h3-5,11-12,17H,6-9H2,1-2H3,(H,18,19). The second-order valence-electron chi connectivity index (χ2n) is 6.43. The second-order valence-corrected chi connectivity index (χ2v) is 6.43. The van der Waals surface area contributed by atoms with Crippen LogP contribution in [0.4, 0.5) is 0 Å². The van der Waals surface area contributed by atoms with Gasteiger partial charge in [-0.05, 0) is 32.8 Å². The first-order valence-corrected chi connectivity index (χ1v) is 7.37. The number of para-hydroxylation sites is 1. The van der Waals surface area contributed by atoms with Gasteiger partial charge in [-0.3, -0.25) is 10.1 Å². The van der Waals surface area contributed by atoms with E-state index in [0.717, 1.165) is 30.6 Å². The fourth-order valence-corrected chi connectivity index (χ4v) is 2.60. The number of aliphatic carboxylic acids is 1. The highest BCUT2D eigenvalue weighted by atomic mass is 16.5. The van der Waals surface area contributed by atoms with Crippen LogP contribution in [0.25, 0.3) is 0 Å². The van der Waals surface area contributed by atoms with E-state index < -0.39 is 12.0 Å². The van der Waals surface area contributed by atoms with Crippen LogP contribution in [-0.2, 0) is 11.2 Å².